The molecule has 3 N–H and O–H groups in total. The zero-order valence-electron chi connectivity index (χ0n) is 12.5. The topological polar surface area (TPSA) is 82.2 Å². The maximum Gasteiger partial charge on any atom is 0.233 e. The number of hydrogen-bond donors (Lipinski definition) is 2. The molecule has 20 heavy (non-hydrogen) atoms. The van der Waals surface area contributed by atoms with Crippen LogP contribution in [0.2, 0.25) is 0 Å². The van der Waals surface area contributed by atoms with Crippen LogP contribution in [-0.2, 0) is 4.79 Å². The second-order valence-electron chi connectivity index (χ2n) is 6.00. The van der Waals surface area contributed by atoms with Crippen molar-refractivity contribution in [3.05, 3.63) is 0 Å². The minimum Gasteiger partial charge on any atom is -0.409 e. The van der Waals surface area contributed by atoms with Crippen LogP contribution >= 0.6 is 0 Å². The molecule has 0 aromatic rings. The Kier molecular flexibility index (Phi) is 4.86. The average Bonchev–Trinajstić information content (AvgIpc) is 2.89. The van der Waals surface area contributed by atoms with Crippen LogP contribution in [0.4, 0.5) is 0 Å². The lowest BCUT2D eigenvalue weighted by Gasteiger charge is -2.43. The number of oxime groups is 1. The first kappa shape index (κ1) is 15.1. The van der Waals surface area contributed by atoms with Crippen LogP contribution in [0.5, 0.6) is 0 Å². The van der Waals surface area contributed by atoms with E-state index in [0.29, 0.717) is 12.5 Å². The molecule has 3 atom stereocenters. The normalized spacial score (nSPS) is 29.3. The maximum absolute atomic E-state index is 12.7. The van der Waals surface area contributed by atoms with Gasteiger partial charge in [-0.15, -0.1) is 0 Å². The fourth-order valence-corrected chi connectivity index (χ4v) is 3.45. The number of nitrogens with zero attached hydrogens (tertiary/aromatic N) is 3. The minimum atomic E-state index is -0.486. The first-order valence-electron chi connectivity index (χ1n) is 7.60. The van der Waals surface area contributed by atoms with E-state index in [9.17, 15) is 4.79 Å². The molecule has 2 heterocycles. The molecule has 6 nitrogen and oxygen atoms in total. The predicted octanol–water partition coefficient (Wildman–Crippen LogP) is 0.844. The van der Waals surface area contributed by atoms with Crippen LogP contribution < -0.4 is 5.73 Å². The Bertz CT molecular complexity index is 385. The van der Waals surface area contributed by atoms with Crippen molar-refractivity contribution in [2.75, 3.05) is 19.6 Å². The van der Waals surface area contributed by atoms with Gasteiger partial charge < -0.3 is 15.8 Å². The van der Waals surface area contributed by atoms with E-state index < -0.39 is 5.92 Å². The highest BCUT2D eigenvalue weighted by Gasteiger charge is 2.39. The zero-order chi connectivity index (χ0) is 14.7. The Hall–Kier alpha value is -1.30. The fraction of sp³-hybridized carbons (Fsp3) is 0.857. The van der Waals surface area contributed by atoms with Crippen molar-refractivity contribution in [2.45, 2.75) is 51.6 Å². The first-order chi connectivity index (χ1) is 9.58. The van der Waals surface area contributed by atoms with Gasteiger partial charge in [0.05, 0.1) is 5.92 Å². The predicted molar refractivity (Wildman–Crippen MR) is 77.6 cm³/mol. The molecule has 0 aromatic carbocycles. The molecule has 114 valence electrons. The van der Waals surface area contributed by atoms with Gasteiger partial charge in [-0.2, -0.15) is 0 Å². The second kappa shape index (κ2) is 6.43. The van der Waals surface area contributed by atoms with Gasteiger partial charge in [-0.3, -0.25) is 9.69 Å². The molecule has 2 aliphatic heterocycles. The van der Waals surface area contributed by atoms with Gasteiger partial charge in [-0.1, -0.05) is 18.5 Å². The fourth-order valence-electron chi connectivity index (χ4n) is 3.45. The highest BCUT2D eigenvalue weighted by molar-refractivity contribution is 6.02. The average molecular weight is 282 g/mol. The molecule has 0 bridgehead atoms. The molecule has 0 aromatic heterocycles. The van der Waals surface area contributed by atoms with Crippen LogP contribution in [0.1, 0.15) is 39.5 Å². The molecule has 6 heteroatoms. The summed E-state index contributed by atoms with van der Waals surface area (Å²) in [6, 6.07) is 0.687. The van der Waals surface area contributed by atoms with Crippen molar-refractivity contribution in [3.63, 3.8) is 0 Å². The third-order valence-electron chi connectivity index (χ3n) is 4.57. The Morgan fingerprint density at radius 1 is 1.50 bits per heavy atom. The molecule has 1 amide bonds. The molecular formula is C14H26N4O2. The van der Waals surface area contributed by atoms with Crippen molar-refractivity contribution >= 4 is 11.7 Å². The summed E-state index contributed by atoms with van der Waals surface area (Å²) in [5.74, 6) is -0.431. The summed E-state index contributed by atoms with van der Waals surface area (Å²) in [4.78, 5) is 17.1. The standard InChI is InChI=1S/C14H26N4O2/c1-3-5-12(13(15)16-20)14(19)18-9-11-6-4-7-17(11)8-10(18)2/h10-12,20H,3-9H2,1-2H3,(H2,15,16). The number of rotatable bonds is 4. The third-order valence-corrected chi connectivity index (χ3v) is 4.57. The molecule has 2 rings (SSSR count). The molecule has 0 spiro atoms. The number of amidine groups is 1. The number of carbonyl (C=O) groups excluding carboxylic acids is 1. The SMILES string of the molecule is CCCC(C(=O)N1CC2CCCN2CC1C)C(N)=NO. The molecule has 2 aliphatic rings. The Balaban J connectivity index is 2.09. The van der Waals surface area contributed by atoms with E-state index in [1.54, 1.807) is 0 Å². The number of amides is 1. The lowest BCUT2D eigenvalue weighted by atomic mass is 9.98. The molecule has 2 fully saturated rings. The van der Waals surface area contributed by atoms with Gasteiger partial charge in [0.25, 0.3) is 0 Å². The minimum absolute atomic E-state index is 0.0150. The van der Waals surface area contributed by atoms with Crippen molar-refractivity contribution < 1.29 is 10.0 Å². The van der Waals surface area contributed by atoms with Crippen molar-refractivity contribution in [1.82, 2.24) is 9.80 Å². The van der Waals surface area contributed by atoms with Crippen LogP contribution in [0.3, 0.4) is 0 Å². The van der Waals surface area contributed by atoms with E-state index in [4.69, 9.17) is 10.9 Å². The van der Waals surface area contributed by atoms with Gasteiger partial charge in [0.15, 0.2) is 5.84 Å². The van der Waals surface area contributed by atoms with Crippen molar-refractivity contribution in [2.24, 2.45) is 16.8 Å². The van der Waals surface area contributed by atoms with Gasteiger partial charge >= 0.3 is 0 Å². The van der Waals surface area contributed by atoms with Crippen LogP contribution in [0.25, 0.3) is 0 Å². The van der Waals surface area contributed by atoms with E-state index in [-0.39, 0.29) is 17.8 Å². The monoisotopic (exact) mass is 282 g/mol. The van der Waals surface area contributed by atoms with E-state index in [2.05, 4.69) is 17.0 Å². The highest BCUT2D eigenvalue weighted by atomic mass is 16.4. The number of fused-ring (bicyclic) bond motifs is 1. The Labute approximate surface area is 120 Å². The summed E-state index contributed by atoms with van der Waals surface area (Å²) >= 11 is 0. The summed E-state index contributed by atoms with van der Waals surface area (Å²) in [7, 11) is 0. The Morgan fingerprint density at radius 3 is 2.90 bits per heavy atom. The van der Waals surface area contributed by atoms with Crippen molar-refractivity contribution in [1.29, 1.82) is 0 Å². The third kappa shape index (κ3) is 2.90. The van der Waals surface area contributed by atoms with Gasteiger partial charge in [0.2, 0.25) is 5.91 Å². The quantitative estimate of drug-likeness (QED) is 0.346. The zero-order valence-corrected chi connectivity index (χ0v) is 12.5. The van der Waals surface area contributed by atoms with Crippen LogP contribution in [0.15, 0.2) is 5.16 Å². The summed E-state index contributed by atoms with van der Waals surface area (Å²) in [5, 5.41) is 11.9. The summed E-state index contributed by atoms with van der Waals surface area (Å²) in [5.41, 5.74) is 5.71. The van der Waals surface area contributed by atoms with Gasteiger partial charge in [0, 0.05) is 25.2 Å². The largest absolute Gasteiger partial charge is 0.409 e. The first-order valence-corrected chi connectivity index (χ1v) is 7.60. The van der Waals surface area contributed by atoms with E-state index in [1.165, 1.54) is 12.8 Å². The maximum atomic E-state index is 12.7. The number of hydrogen-bond acceptors (Lipinski definition) is 4. The van der Waals surface area contributed by atoms with E-state index in [0.717, 1.165) is 26.1 Å². The summed E-state index contributed by atoms with van der Waals surface area (Å²) < 4.78 is 0. The smallest absolute Gasteiger partial charge is 0.233 e. The van der Waals surface area contributed by atoms with E-state index in [1.807, 2.05) is 11.8 Å². The molecule has 0 radical (unpaired) electrons. The summed E-state index contributed by atoms with van der Waals surface area (Å²) in [6.45, 7) is 6.95. The molecule has 0 saturated carbocycles. The van der Waals surface area contributed by atoms with Gasteiger partial charge in [0.1, 0.15) is 0 Å². The van der Waals surface area contributed by atoms with E-state index >= 15 is 0 Å². The van der Waals surface area contributed by atoms with Gasteiger partial charge in [-0.05, 0) is 32.7 Å². The molecular weight excluding hydrogens is 256 g/mol. The molecule has 2 saturated heterocycles. The lowest BCUT2D eigenvalue weighted by molar-refractivity contribution is -0.139. The van der Waals surface area contributed by atoms with Crippen LogP contribution in [-0.4, -0.2) is 58.5 Å². The number of carbonyl (C=O) groups is 1. The second-order valence-corrected chi connectivity index (χ2v) is 6.00. The molecule has 3 unspecified atom stereocenters. The number of nitrogens with two attached hydrogens (primary N) is 1. The molecule has 0 aliphatic carbocycles. The summed E-state index contributed by atoms with van der Waals surface area (Å²) in [6.07, 6.45) is 3.85. The highest BCUT2D eigenvalue weighted by Crippen LogP contribution is 2.26. The lowest BCUT2D eigenvalue weighted by Crippen LogP contribution is -2.58. The Morgan fingerprint density at radius 2 is 2.25 bits per heavy atom. The van der Waals surface area contributed by atoms with Gasteiger partial charge in [-0.25, -0.2) is 0 Å². The van der Waals surface area contributed by atoms with Crippen LogP contribution in [0, 0.1) is 5.92 Å². The number of piperazine rings is 1. The van der Waals surface area contributed by atoms with Crippen molar-refractivity contribution in [3.8, 4) is 0 Å².